The highest BCUT2D eigenvalue weighted by molar-refractivity contribution is 7.89. The molecule has 0 heterocycles. The lowest BCUT2D eigenvalue weighted by atomic mass is 10.1. The van der Waals surface area contributed by atoms with E-state index in [-0.39, 0.29) is 11.4 Å². The van der Waals surface area contributed by atoms with E-state index in [0.717, 1.165) is 24.8 Å². The monoisotopic (exact) mass is 341 g/mol. The molecule has 4 N–H and O–H groups in total. The van der Waals surface area contributed by atoms with Crippen molar-refractivity contribution < 1.29 is 18.0 Å². The Hall–Kier alpha value is -1.93. The van der Waals surface area contributed by atoms with E-state index in [1.165, 1.54) is 12.1 Å². The molecule has 0 radical (unpaired) electrons. The molecule has 0 saturated heterocycles. The van der Waals surface area contributed by atoms with Gasteiger partial charge in [-0.05, 0) is 30.5 Å². The molecule has 0 aromatic heterocycles. The molecule has 0 bridgehead atoms. The van der Waals surface area contributed by atoms with Crippen LogP contribution in [0.5, 0.6) is 0 Å². The van der Waals surface area contributed by atoms with Crippen LogP contribution in [0.3, 0.4) is 0 Å². The summed E-state index contributed by atoms with van der Waals surface area (Å²) in [6.45, 7) is 2.84. The van der Waals surface area contributed by atoms with Crippen LogP contribution in [-0.4, -0.2) is 33.3 Å². The van der Waals surface area contributed by atoms with E-state index in [1.807, 2.05) is 0 Å². The lowest BCUT2D eigenvalue weighted by Gasteiger charge is -2.07. The molecule has 23 heavy (non-hydrogen) atoms. The Morgan fingerprint density at radius 2 is 1.57 bits per heavy atom. The molecule has 0 fully saturated rings. The van der Waals surface area contributed by atoms with Gasteiger partial charge in [0.15, 0.2) is 0 Å². The number of primary sulfonamides is 1. The van der Waals surface area contributed by atoms with Gasteiger partial charge in [-0.15, -0.1) is 0 Å². The zero-order valence-electron chi connectivity index (χ0n) is 13.2. The van der Waals surface area contributed by atoms with E-state index in [9.17, 15) is 18.0 Å². The van der Waals surface area contributed by atoms with E-state index in [0.29, 0.717) is 13.0 Å². The van der Waals surface area contributed by atoms with Gasteiger partial charge in [-0.25, -0.2) is 13.6 Å². The first-order chi connectivity index (χ1) is 10.8. The van der Waals surface area contributed by atoms with Gasteiger partial charge in [0.2, 0.25) is 10.0 Å². The summed E-state index contributed by atoms with van der Waals surface area (Å²) in [6.07, 6.45) is 3.40. The maximum Gasteiger partial charge on any atom is 0.309 e. The number of carbonyl (C=O) groups is 2. The highest BCUT2D eigenvalue weighted by atomic mass is 32.2. The van der Waals surface area contributed by atoms with Gasteiger partial charge in [0.1, 0.15) is 0 Å². The molecule has 0 saturated carbocycles. The third-order valence-electron chi connectivity index (χ3n) is 3.22. The highest BCUT2D eigenvalue weighted by Crippen LogP contribution is 2.08. The molecule has 8 heteroatoms. The van der Waals surface area contributed by atoms with Crippen molar-refractivity contribution in [3.8, 4) is 0 Å². The minimum absolute atomic E-state index is 0.0387. The summed E-state index contributed by atoms with van der Waals surface area (Å²) in [6, 6.07) is 6.06. The summed E-state index contributed by atoms with van der Waals surface area (Å²) in [5, 5.41) is 10.1. The Bertz CT molecular complexity index is 627. The van der Waals surface area contributed by atoms with Crippen LogP contribution in [-0.2, 0) is 26.0 Å². The van der Waals surface area contributed by atoms with E-state index >= 15 is 0 Å². The second kappa shape index (κ2) is 9.26. The zero-order valence-corrected chi connectivity index (χ0v) is 14.0. The molecule has 1 aromatic carbocycles. The number of sulfonamides is 1. The second-order valence-electron chi connectivity index (χ2n) is 5.16. The molecular weight excluding hydrogens is 318 g/mol. The van der Waals surface area contributed by atoms with Crippen LogP contribution in [0.25, 0.3) is 0 Å². The van der Waals surface area contributed by atoms with Crippen LogP contribution < -0.4 is 15.8 Å². The fourth-order valence-electron chi connectivity index (χ4n) is 1.90. The standard InChI is InChI=1S/C15H23N3O4S/c1-2-3-4-10-17-14(19)15(20)18-11-9-12-5-7-13(8-6-12)23(16,21)22/h5-8H,2-4,9-11H2,1H3,(H,17,19)(H,18,20)(H2,16,21,22). The Morgan fingerprint density at radius 1 is 1.00 bits per heavy atom. The topological polar surface area (TPSA) is 118 Å². The third-order valence-corrected chi connectivity index (χ3v) is 4.15. The zero-order chi connectivity index (χ0) is 17.3. The minimum atomic E-state index is -3.70. The normalized spacial score (nSPS) is 11.0. The molecule has 128 valence electrons. The number of amides is 2. The number of nitrogens with one attached hydrogen (secondary N) is 2. The van der Waals surface area contributed by atoms with Gasteiger partial charge in [0.25, 0.3) is 0 Å². The molecule has 0 aliphatic carbocycles. The molecule has 0 aliphatic heterocycles. The van der Waals surface area contributed by atoms with Gasteiger partial charge in [0, 0.05) is 13.1 Å². The number of nitrogens with two attached hydrogens (primary N) is 1. The maximum atomic E-state index is 11.6. The molecule has 7 nitrogen and oxygen atoms in total. The predicted octanol–water partition coefficient (Wildman–Crippen LogP) is 0.299. The number of rotatable bonds is 8. The van der Waals surface area contributed by atoms with Crippen molar-refractivity contribution in [3.05, 3.63) is 29.8 Å². The summed E-state index contributed by atoms with van der Waals surface area (Å²) in [7, 11) is -3.70. The van der Waals surface area contributed by atoms with Crippen LogP contribution >= 0.6 is 0 Å². The van der Waals surface area contributed by atoms with Crippen LogP contribution in [0.2, 0.25) is 0 Å². The number of carbonyl (C=O) groups excluding carboxylic acids is 2. The van der Waals surface area contributed by atoms with Gasteiger partial charge in [-0.1, -0.05) is 31.9 Å². The maximum absolute atomic E-state index is 11.6. The van der Waals surface area contributed by atoms with Gasteiger partial charge in [-0.3, -0.25) is 9.59 Å². The van der Waals surface area contributed by atoms with Crippen molar-refractivity contribution >= 4 is 21.8 Å². The lowest BCUT2D eigenvalue weighted by Crippen LogP contribution is -2.40. The average molecular weight is 341 g/mol. The van der Waals surface area contributed by atoms with E-state index in [4.69, 9.17) is 5.14 Å². The number of unbranched alkanes of at least 4 members (excludes halogenated alkanes) is 2. The average Bonchev–Trinajstić information content (AvgIpc) is 2.51. The van der Waals surface area contributed by atoms with Crippen molar-refractivity contribution in [2.45, 2.75) is 37.5 Å². The van der Waals surface area contributed by atoms with Gasteiger partial charge in [0.05, 0.1) is 4.90 Å². The summed E-state index contributed by atoms with van der Waals surface area (Å²) < 4.78 is 22.3. The minimum Gasteiger partial charge on any atom is -0.348 e. The molecule has 0 aliphatic rings. The first-order valence-electron chi connectivity index (χ1n) is 7.52. The summed E-state index contributed by atoms with van der Waals surface area (Å²) in [4.78, 5) is 23.1. The van der Waals surface area contributed by atoms with Crippen LogP contribution in [0.4, 0.5) is 0 Å². The van der Waals surface area contributed by atoms with E-state index in [1.54, 1.807) is 12.1 Å². The van der Waals surface area contributed by atoms with Crippen LogP contribution in [0, 0.1) is 0 Å². The summed E-state index contributed by atoms with van der Waals surface area (Å²) >= 11 is 0. The Morgan fingerprint density at radius 3 is 2.09 bits per heavy atom. The van der Waals surface area contributed by atoms with Crippen LogP contribution in [0.15, 0.2) is 29.2 Å². The van der Waals surface area contributed by atoms with Crippen molar-refractivity contribution in [2.75, 3.05) is 13.1 Å². The fourth-order valence-corrected chi connectivity index (χ4v) is 2.42. The van der Waals surface area contributed by atoms with Crippen molar-refractivity contribution in [3.63, 3.8) is 0 Å². The smallest absolute Gasteiger partial charge is 0.309 e. The molecule has 0 spiro atoms. The molecule has 0 unspecified atom stereocenters. The molecular formula is C15H23N3O4S. The highest BCUT2D eigenvalue weighted by Gasteiger charge is 2.12. The largest absolute Gasteiger partial charge is 0.348 e. The Kier molecular flexibility index (Phi) is 7.70. The number of hydrogen-bond acceptors (Lipinski definition) is 4. The molecule has 0 atom stereocenters. The SMILES string of the molecule is CCCCCNC(=O)C(=O)NCCc1ccc(S(N)(=O)=O)cc1. The van der Waals surface area contributed by atoms with Crippen molar-refractivity contribution in [1.29, 1.82) is 0 Å². The second-order valence-corrected chi connectivity index (χ2v) is 6.72. The summed E-state index contributed by atoms with van der Waals surface area (Å²) in [5.74, 6) is -1.30. The summed E-state index contributed by atoms with van der Waals surface area (Å²) in [5.41, 5.74) is 0.834. The molecule has 1 aromatic rings. The van der Waals surface area contributed by atoms with Gasteiger partial charge >= 0.3 is 11.8 Å². The van der Waals surface area contributed by atoms with Gasteiger partial charge in [-0.2, -0.15) is 0 Å². The first kappa shape index (κ1) is 19.1. The molecule has 1 rings (SSSR count). The van der Waals surface area contributed by atoms with E-state index < -0.39 is 21.8 Å². The van der Waals surface area contributed by atoms with Crippen molar-refractivity contribution in [2.24, 2.45) is 5.14 Å². The van der Waals surface area contributed by atoms with Gasteiger partial charge < -0.3 is 10.6 Å². The lowest BCUT2D eigenvalue weighted by molar-refractivity contribution is -0.139. The Labute approximate surface area is 136 Å². The van der Waals surface area contributed by atoms with Crippen molar-refractivity contribution in [1.82, 2.24) is 10.6 Å². The first-order valence-corrected chi connectivity index (χ1v) is 9.07. The number of hydrogen-bond donors (Lipinski definition) is 3. The quantitative estimate of drug-likeness (QED) is 0.465. The van der Waals surface area contributed by atoms with Crippen LogP contribution in [0.1, 0.15) is 31.7 Å². The van der Waals surface area contributed by atoms with E-state index in [2.05, 4.69) is 17.6 Å². The predicted molar refractivity (Wildman–Crippen MR) is 87.1 cm³/mol. The fraction of sp³-hybridized carbons (Fsp3) is 0.467. The molecule has 2 amide bonds. The number of benzene rings is 1. The third kappa shape index (κ3) is 7.25. The Balaban J connectivity index is 2.33.